The van der Waals surface area contributed by atoms with Crippen molar-refractivity contribution in [3.8, 4) is 0 Å². The summed E-state index contributed by atoms with van der Waals surface area (Å²) in [6.07, 6.45) is 1.56. The van der Waals surface area contributed by atoms with Gasteiger partial charge in [-0.1, -0.05) is 5.21 Å². The smallest absolute Gasteiger partial charge is 0.238 e. The van der Waals surface area contributed by atoms with Crippen LogP contribution >= 0.6 is 10.7 Å². The third-order valence-corrected chi connectivity index (χ3v) is 2.20. The predicted molar refractivity (Wildman–Crippen MR) is 44.2 cm³/mol. The molecule has 68 valence electrons. The second-order valence-corrected chi connectivity index (χ2v) is 5.03. The second kappa shape index (κ2) is 3.40. The summed E-state index contributed by atoms with van der Waals surface area (Å²) in [6, 6.07) is 0. The Balaban J connectivity index is 2.78. The van der Waals surface area contributed by atoms with Gasteiger partial charge in [0.05, 0.1) is 5.69 Å². The monoisotopic (exact) mass is 209 g/mol. The Bertz CT molecular complexity index is 359. The van der Waals surface area contributed by atoms with E-state index in [1.165, 1.54) is 4.68 Å². The normalized spacial score (nSPS) is 11.8. The highest BCUT2D eigenvalue weighted by Gasteiger charge is 2.09. The summed E-state index contributed by atoms with van der Waals surface area (Å²) in [4.78, 5) is 0. The van der Waals surface area contributed by atoms with Gasteiger partial charge in [-0.3, -0.25) is 4.68 Å². The minimum absolute atomic E-state index is 0.269. The van der Waals surface area contributed by atoms with Crippen LogP contribution in [0.25, 0.3) is 0 Å². The number of nitrogens with zero attached hydrogens (tertiary/aromatic N) is 3. The first-order chi connectivity index (χ1) is 5.51. The van der Waals surface area contributed by atoms with Gasteiger partial charge in [0, 0.05) is 23.4 Å². The van der Waals surface area contributed by atoms with Gasteiger partial charge >= 0.3 is 0 Å². The Kier molecular flexibility index (Phi) is 2.69. The van der Waals surface area contributed by atoms with Crippen molar-refractivity contribution in [3.05, 3.63) is 11.9 Å². The zero-order chi connectivity index (χ0) is 9.19. The molecule has 1 aromatic rings. The molecule has 1 rings (SSSR count). The van der Waals surface area contributed by atoms with Crippen molar-refractivity contribution in [2.75, 3.05) is 0 Å². The lowest BCUT2D eigenvalue weighted by atomic mass is 10.5. The molecule has 5 nitrogen and oxygen atoms in total. The molecule has 1 heterocycles. The highest BCUT2D eigenvalue weighted by Crippen LogP contribution is 2.05. The van der Waals surface area contributed by atoms with Crippen LogP contribution in [0.4, 0.5) is 0 Å². The van der Waals surface area contributed by atoms with E-state index in [0.717, 1.165) is 0 Å². The van der Waals surface area contributed by atoms with E-state index in [4.69, 9.17) is 10.7 Å². The molecule has 0 radical (unpaired) electrons. The molecule has 1 aromatic heterocycles. The quantitative estimate of drug-likeness (QED) is 0.675. The van der Waals surface area contributed by atoms with Crippen molar-refractivity contribution in [1.82, 2.24) is 15.0 Å². The van der Waals surface area contributed by atoms with E-state index < -0.39 is 9.05 Å². The Labute approximate surface area is 74.8 Å². The van der Waals surface area contributed by atoms with Crippen molar-refractivity contribution in [3.63, 3.8) is 0 Å². The minimum Gasteiger partial charge on any atom is -0.253 e. The van der Waals surface area contributed by atoms with E-state index in [1.807, 2.05) is 6.92 Å². The van der Waals surface area contributed by atoms with E-state index in [1.54, 1.807) is 6.20 Å². The molecule has 0 saturated heterocycles. The fourth-order valence-corrected chi connectivity index (χ4v) is 1.56. The largest absolute Gasteiger partial charge is 0.253 e. The Morgan fingerprint density at radius 3 is 2.75 bits per heavy atom. The molecule has 0 unspecified atom stereocenters. The predicted octanol–water partition coefficient (Wildman–Crippen LogP) is 0.367. The van der Waals surface area contributed by atoms with Crippen LogP contribution in [0.1, 0.15) is 12.6 Å². The van der Waals surface area contributed by atoms with E-state index >= 15 is 0 Å². The van der Waals surface area contributed by atoms with Crippen LogP contribution in [0.15, 0.2) is 6.20 Å². The summed E-state index contributed by atoms with van der Waals surface area (Å²) < 4.78 is 22.7. The zero-order valence-electron chi connectivity index (χ0n) is 6.44. The zero-order valence-corrected chi connectivity index (χ0v) is 8.01. The summed E-state index contributed by atoms with van der Waals surface area (Å²) >= 11 is 0. The summed E-state index contributed by atoms with van der Waals surface area (Å²) in [5.74, 6) is -0.269. The summed E-state index contributed by atoms with van der Waals surface area (Å²) in [7, 11) is 1.50. The van der Waals surface area contributed by atoms with Gasteiger partial charge in [-0.25, -0.2) is 8.42 Å². The van der Waals surface area contributed by atoms with Crippen LogP contribution in [-0.2, 0) is 21.3 Å². The van der Waals surface area contributed by atoms with Gasteiger partial charge < -0.3 is 0 Å². The van der Waals surface area contributed by atoms with Crippen LogP contribution in [0, 0.1) is 0 Å². The third kappa shape index (κ3) is 2.78. The molecule has 0 N–H and O–H groups in total. The lowest BCUT2D eigenvalue weighted by molar-refractivity contribution is 0.608. The van der Waals surface area contributed by atoms with Crippen LogP contribution in [0.3, 0.4) is 0 Å². The van der Waals surface area contributed by atoms with E-state index in [-0.39, 0.29) is 5.75 Å². The Morgan fingerprint density at radius 1 is 1.67 bits per heavy atom. The molecule has 0 bridgehead atoms. The summed E-state index contributed by atoms with van der Waals surface area (Å²) in [6.45, 7) is 2.54. The van der Waals surface area contributed by atoms with Crippen molar-refractivity contribution in [2.45, 2.75) is 19.2 Å². The Morgan fingerprint density at radius 2 is 2.33 bits per heavy atom. The summed E-state index contributed by atoms with van der Waals surface area (Å²) in [5, 5.41) is 7.28. The second-order valence-electron chi connectivity index (χ2n) is 2.25. The maximum absolute atomic E-state index is 10.6. The minimum atomic E-state index is -3.52. The number of halogens is 1. The molecule has 12 heavy (non-hydrogen) atoms. The van der Waals surface area contributed by atoms with Gasteiger partial charge in [0.1, 0.15) is 5.75 Å². The fourth-order valence-electron chi connectivity index (χ4n) is 0.736. The molecule has 0 spiro atoms. The van der Waals surface area contributed by atoms with Crippen molar-refractivity contribution in [2.24, 2.45) is 0 Å². The van der Waals surface area contributed by atoms with Crippen molar-refractivity contribution >= 4 is 19.7 Å². The van der Waals surface area contributed by atoms with Gasteiger partial charge in [0.25, 0.3) is 0 Å². The van der Waals surface area contributed by atoms with Crippen molar-refractivity contribution < 1.29 is 8.42 Å². The fraction of sp³-hybridized carbons (Fsp3) is 0.600. The number of rotatable bonds is 3. The van der Waals surface area contributed by atoms with Gasteiger partial charge in [-0.2, -0.15) is 0 Å². The molecule has 0 aliphatic carbocycles. The maximum atomic E-state index is 10.6. The molecule has 0 aliphatic rings. The number of hydrogen-bond acceptors (Lipinski definition) is 4. The molecule has 0 aromatic carbocycles. The van der Waals surface area contributed by atoms with Gasteiger partial charge in [-0.05, 0) is 6.92 Å². The number of aromatic nitrogens is 3. The maximum Gasteiger partial charge on any atom is 0.238 e. The summed E-state index contributed by atoms with van der Waals surface area (Å²) in [5.41, 5.74) is 0.367. The first-order valence-corrected chi connectivity index (χ1v) is 5.80. The van der Waals surface area contributed by atoms with Gasteiger partial charge in [0.2, 0.25) is 9.05 Å². The molecule has 0 aliphatic heterocycles. The molecule has 0 atom stereocenters. The molecule has 0 fully saturated rings. The standard InChI is InChI=1S/C5H8ClN3O2S/c1-2-9-3-5(7-8-9)4-12(6,10)11/h3H,2,4H2,1H3. The highest BCUT2D eigenvalue weighted by molar-refractivity contribution is 8.13. The Hall–Kier alpha value is -0.620. The van der Waals surface area contributed by atoms with Crippen LogP contribution < -0.4 is 0 Å². The van der Waals surface area contributed by atoms with Crippen molar-refractivity contribution in [1.29, 1.82) is 0 Å². The lowest BCUT2D eigenvalue weighted by Crippen LogP contribution is -1.95. The van der Waals surface area contributed by atoms with Crippen LogP contribution in [0.5, 0.6) is 0 Å². The first-order valence-electron chi connectivity index (χ1n) is 3.32. The highest BCUT2D eigenvalue weighted by atomic mass is 35.7. The number of hydrogen-bond donors (Lipinski definition) is 0. The average molecular weight is 210 g/mol. The van der Waals surface area contributed by atoms with Gasteiger partial charge in [0.15, 0.2) is 0 Å². The SMILES string of the molecule is CCn1cc(CS(=O)(=O)Cl)nn1. The van der Waals surface area contributed by atoms with E-state index in [2.05, 4.69) is 10.3 Å². The molecular formula is C5H8ClN3O2S. The molecular weight excluding hydrogens is 202 g/mol. The lowest BCUT2D eigenvalue weighted by Gasteiger charge is -1.89. The average Bonchev–Trinajstić information content (AvgIpc) is 2.32. The molecule has 0 amide bonds. The van der Waals surface area contributed by atoms with Gasteiger partial charge in [-0.15, -0.1) is 5.10 Å². The third-order valence-electron chi connectivity index (χ3n) is 1.23. The van der Waals surface area contributed by atoms with Crippen LogP contribution in [-0.4, -0.2) is 23.4 Å². The molecule has 7 heteroatoms. The molecule has 0 saturated carbocycles. The topological polar surface area (TPSA) is 64.8 Å². The van der Waals surface area contributed by atoms with E-state index in [0.29, 0.717) is 12.2 Å². The first kappa shape index (κ1) is 9.47. The number of aryl methyl sites for hydroxylation is 1. The van der Waals surface area contributed by atoms with Crippen LogP contribution in [0.2, 0.25) is 0 Å². The van der Waals surface area contributed by atoms with E-state index in [9.17, 15) is 8.42 Å².